The fourth-order valence-corrected chi connectivity index (χ4v) is 11.0. The molecule has 0 aliphatic heterocycles. The monoisotopic (exact) mass is 1270 g/mol. The fourth-order valence-electron chi connectivity index (χ4n) is 6.63. The zero-order valence-corrected chi connectivity index (χ0v) is 59.5. The van der Waals surface area contributed by atoms with Gasteiger partial charge in [0.05, 0.1) is 66.9 Å². The molecule has 2 heterocycles. The number of hydrogen-bond acceptors (Lipinski definition) is 28. The third kappa shape index (κ3) is 18.0. The van der Waals surface area contributed by atoms with Crippen LogP contribution in [0.1, 0.15) is 22.5 Å². The van der Waals surface area contributed by atoms with Crippen molar-refractivity contribution in [2.24, 2.45) is 30.7 Å². The van der Waals surface area contributed by atoms with Gasteiger partial charge in [0.1, 0.15) is 59.4 Å². The van der Waals surface area contributed by atoms with Crippen LogP contribution in [0.4, 0.5) is 33.6 Å². The molecule has 0 spiro atoms. The number of aryl methyl sites for hydroxylation is 1. The van der Waals surface area contributed by atoms with Crippen LogP contribution in [0.3, 0.4) is 0 Å². The van der Waals surface area contributed by atoms with E-state index < -0.39 is 140 Å². The summed E-state index contributed by atoms with van der Waals surface area (Å²) in [6.07, 6.45) is -0.391. The number of aromatic nitrogens is 3. The Balaban J connectivity index is 0.00000533. The minimum absolute atomic E-state index is 0. The number of thiazole rings is 1. The third-order valence-electron chi connectivity index (χ3n) is 9.83. The molecule has 42 heteroatoms. The number of methoxy groups -OCH3 is 1. The zero-order valence-electron chi connectivity index (χ0n) is 42.6. The van der Waals surface area contributed by atoms with E-state index in [0.29, 0.717) is 28.2 Å². The van der Waals surface area contributed by atoms with Gasteiger partial charge in [0.25, 0.3) is 20.2 Å². The van der Waals surface area contributed by atoms with Crippen molar-refractivity contribution >= 4 is 122 Å². The Morgan fingerprint density at radius 3 is 1.81 bits per heavy atom. The summed E-state index contributed by atoms with van der Waals surface area (Å²) < 4.78 is 187. The van der Waals surface area contributed by atoms with Gasteiger partial charge in [0, 0.05) is 23.1 Å². The number of nitrogens with zero attached hydrogens (tertiary/aromatic N) is 9. The largest absolute Gasteiger partial charge is 1.00 e. The molecule has 7 rings (SSSR count). The van der Waals surface area contributed by atoms with Gasteiger partial charge in [-0.3, -0.25) is 9.11 Å². The number of carboxylic acid groups (broad SMARTS) is 1. The van der Waals surface area contributed by atoms with Crippen LogP contribution < -0.4 is 202 Å². The fraction of sp³-hybridized carbons (Fsp3) is 0.132. The van der Waals surface area contributed by atoms with Crippen LogP contribution in [0.15, 0.2) is 117 Å². The molecule has 390 valence electrons. The maximum absolute atomic E-state index is 14.0. The van der Waals surface area contributed by atoms with Crippen molar-refractivity contribution in [1.29, 1.82) is 0 Å². The summed E-state index contributed by atoms with van der Waals surface area (Å²) >= 11 is 0.690. The van der Waals surface area contributed by atoms with Gasteiger partial charge in [0.15, 0.2) is 4.90 Å². The van der Waals surface area contributed by atoms with E-state index in [9.17, 15) is 85.0 Å². The molecule has 2 aromatic heterocycles. The molecule has 0 aliphatic carbocycles. The summed E-state index contributed by atoms with van der Waals surface area (Å²) in [4.78, 5) is 11.9. The average molecular weight is 1270 g/mol. The van der Waals surface area contributed by atoms with Crippen molar-refractivity contribution in [3.05, 3.63) is 78.0 Å². The van der Waals surface area contributed by atoms with Crippen molar-refractivity contribution in [2.45, 2.75) is 32.9 Å². The second-order valence-electron chi connectivity index (χ2n) is 14.7. The Hall–Kier alpha value is -1.52. The standard InChI is InChI=1S/C38H31N9O21S6.6Na/c1-17-14-25(27(68-12-3-13-70(52,53)54)16-24(17)41-45-38-39-22-10-11-26(67-2)35(33(22)69-38)74(64,65)66)42-43-29-28(72(58,59)60)15-21-20(32(29)48)8-9-23(34(21)73(61,62)63)40-44-30-31(37(50)51)46-47(36(30)49)18-4-6-19(7-5-18)71(55,56)57;;;;;;/h4-11,14-16,48-49H,3,12-13H2,1-2H3,(H,50,51)(H,52,53,54)(H,55,56,57)(H,58,59,60)(H,61,62,63)(H,64,65,66);;;;;;/q;6*+1/p-6. The topological polar surface area (TPSA) is 490 Å². The molecule has 30 nitrogen and oxygen atoms in total. The number of carboxylic acids is 1. The number of rotatable bonds is 18. The van der Waals surface area contributed by atoms with Gasteiger partial charge in [-0.2, -0.15) is 21.9 Å². The molecule has 0 bridgehead atoms. The van der Waals surface area contributed by atoms with Crippen molar-refractivity contribution < 1.29 is 272 Å². The molecule has 80 heavy (non-hydrogen) atoms. The summed E-state index contributed by atoms with van der Waals surface area (Å²) in [6.45, 7) is 0.922. The number of azo groups is 3. The van der Waals surface area contributed by atoms with Gasteiger partial charge in [-0.25, -0.2) is 34.9 Å². The molecule has 2 N–H and O–H groups in total. The molecule has 0 unspecified atom stereocenters. The van der Waals surface area contributed by atoms with Crippen LogP contribution >= 0.6 is 11.3 Å². The van der Waals surface area contributed by atoms with Crippen LogP contribution in [0.2, 0.25) is 0 Å². The summed E-state index contributed by atoms with van der Waals surface area (Å²) in [5.74, 6) is -6.47. The number of aromatic carboxylic acids is 1. The third-order valence-corrected chi connectivity index (χ3v) is 15.3. The second-order valence-corrected chi connectivity index (χ2v) is 22.7. The minimum Gasteiger partial charge on any atom is -0.871 e. The smallest absolute Gasteiger partial charge is 0.871 e. The van der Waals surface area contributed by atoms with E-state index in [1.165, 1.54) is 32.2 Å². The number of benzene rings is 5. The quantitative estimate of drug-likeness (QED) is 0.0349. The van der Waals surface area contributed by atoms with Crippen LogP contribution in [-0.2, 0) is 50.6 Å². The summed E-state index contributed by atoms with van der Waals surface area (Å²) in [5, 5.41) is 63.5. The Morgan fingerprint density at radius 2 is 1.26 bits per heavy atom. The van der Waals surface area contributed by atoms with E-state index >= 15 is 0 Å². The van der Waals surface area contributed by atoms with Crippen LogP contribution in [-0.4, -0.2) is 105 Å². The minimum atomic E-state index is -5.87. The second kappa shape index (κ2) is 30.2. The van der Waals surface area contributed by atoms with Gasteiger partial charge in [-0.05, 0) is 78.9 Å². The van der Waals surface area contributed by atoms with E-state index in [0.717, 1.165) is 36.4 Å². The molecule has 0 atom stereocenters. The first-order chi connectivity index (χ1) is 34.4. The van der Waals surface area contributed by atoms with E-state index in [4.69, 9.17) is 9.47 Å². The van der Waals surface area contributed by atoms with Crippen LogP contribution in [0.5, 0.6) is 23.1 Å². The number of ether oxygens (including phenoxy) is 2. The number of carbonyl (C=O) groups excluding carboxylic acids is 1. The van der Waals surface area contributed by atoms with E-state index in [-0.39, 0.29) is 227 Å². The van der Waals surface area contributed by atoms with E-state index in [1.807, 2.05) is 0 Å². The average Bonchev–Trinajstić information content (AvgIpc) is 3.87. The van der Waals surface area contributed by atoms with Gasteiger partial charge in [-0.1, -0.05) is 23.2 Å². The maximum Gasteiger partial charge on any atom is 1.00 e. The molecule has 0 saturated carbocycles. The molecule has 0 amide bonds. The Bertz CT molecular complexity index is 4190. The van der Waals surface area contributed by atoms with Gasteiger partial charge in [-0.15, -0.1) is 30.7 Å². The molecule has 0 aliphatic rings. The molecule has 0 radical (unpaired) electrons. The first-order valence-corrected chi connectivity index (χ1v) is 27.7. The molecular formula is C38H25N9Na6O21S6. The Labute approximate surface area is 589 Å². The van der Waals surface area contributed by atoms with Crippen molar-refractivity contribution in [3.63, 3.8) is 0 Å². The predicted molar refractivity (Wildman–Crippen MR) is 241 cm³/mol. The van der Waals surface area contributed by atoms with Crippen molar-refractivity contribution in [1.82, 2.24) is 14.8 Å². The Morgan fingerprint density at radius 1 is 0.675 bits per heavy atom. The summed E-state index contributed by atoms with van der Waals surface area (Å²) in [5.41, 5.74) is -5.06. The van der Waals surface area contributed by atoms with Gasteiger partial charge >= 0.3 is 177 Å². The summed E-state index contributed by atoms with van der Waals surface area (Å²) in [7, 11) is -24.9. The van der Waals surface area contributed by atoms with Crippen LogP contribution in [0.25, 0.3) is 26.7 Å². The SMILES string of the molecule is COc1ccc2nc(N=Nc3cc(OCCCS(=O)(=O)[O-])c(N=Nc4c(S(=O)(=O)[O-])cc5c(S(=O)(=O)O)c(N=Nc6c(C(=O)[O-])nn(-c7ccc(S(=O)(=O)[O-])cc7)c6[O-])ccc5c4[O-])cc3C)sc2c1S(=O)(=O)O.[Na+].[Na+].[Na+].[Na+].[Na+].[Na+]. The summed E-state index contributed by atoms with van der Waals surface area (Å²) in [6, 6.07) is 10.0. The molecule has 5 aromatic carbocycles. The Kier molecular flexibility index (Phi) is 28.9. The number of hydrogen-bond donors (Lipinski definition) is 2. The van der Waals surface area contributed by atoms with E-state index in [2.05, 4.69) is 40.8 Å². The number of fused-ring (bicyclic) bond motifs is 2. The first kappa shape index (κ1) is 76.5. The van der Waals surface area contributed by atoms with Crippen LogP contribution in [0, 0.1) is 6.92 Å². The van der Waals surface area contributed by atoms with Crippen molar-refractivity contribution in [2.75, 3.05) is 19.5 Å². The van der Waals surface area contributed by atoms with Gasteiger partial charge in [0.2, 0.25) is 5.13 Å². The molecule has 0 fully saturated rings. The van der Waals surface area contributed by atoms with Gasteiger partial charge < -0.3 is 43.2 Å². The first-order valence-electron chi connectivity index (χ1n) is 19.6. The molecular weight excluding hydrogens is 1250 g/mol. The van der Waals surface area contributed by atoms with Crippen molar-refractivity contribution in [3.8, 4) is 28.8 Å². The molecule has 0 saturated heterocycles. The maximum atomic E-state index is 14.0. The number of carbonyl (C=O) groups is 1. The van der Waals surface area contributed by atoms with E-state index in [1.54, 1.807) is 0 Å². The molecule has 7 aromatic rings. The predicted octanol–water partition coefficient (Wildman–Crippen LogP) is -14.7. The zero-order chi connectivity index (χ0) is 54.5. The normalized spacial score (nSPS) is 12.0.